The fourth-order valence-corrected chi connectivity index (χ4v) is 3.33. The molecule has 11 heteroatoms. The number of aromatic amines is 1. The van der Waals surface area contributed by atoms with Gasteiger partial charge in [0.2, 0.25) is 0 Å². The summed E-state index contributed by atoms with van der Waals surface area (Å²) in [5.41, 5.74) is 0.223. The van der Waals surface area contributed by atoms with Gasteiger partial charge in [0.25, 0.3) is 12.3 Å². The van der Waals surface area contributed by atoms with E-state index in [1.54, 1.807) is 9.80 Å². The third kappa shape index (κ3) is 3.91. The Kier molecular flexibility index (Phi) is 5.04. The summed E-state index contributed by atoms with van der Waals surface area (Å²) < 4.78 is 63.5. The number of alkyl halides is 5. The summed E-state index contributed by atoms with van der Waals surface area (Å²) in [5.74, 6) is -0.300. The minimum Gasteiger partial charge on any atom is -0.353 e. The van der Waals surface area contributed by atoms with Crippen molar-refractivity contribution in [2.75, 3.05) is 31.1 Å². The van der Waals surface area contributed by atoms with E-state index in [9.17, 15) is 26.7 Å². The molecular formula is C19H16F5N5O. The standard InChI is InChI=1S/C19H16F5N5O/c20-16(21)17-26-13-3-1-11(9-14(13)27-17)18(30)29-7-5-28(6-8-29)15-4-2-12(10-25-15)19(22,23)24/h1-4,9-10,16H,5-8H2,(H,26,27). The van der Waals surface area contributed by atoms with E-state index >= 15 is 0 Å². The number of amides is 1. The van der Waals surface area contributed by atoms with Crippen molar-refractivity contribution in [2.24, 2.45) is 0 Å². The predicted molar refractivity (Wildman–Crippen MR) is 98.4 cm³/mol. The number of hydrogen-bond acceptors (Lipinski definition) is 4. The van der Waals surface area contributed by atoms with Crippen molar-refractivity contribution in [3.8, 4) is 0 Å². The lowest BCUT2D eigenvalue weighted by Gasteiger charge is -2.35. The zero-order valence-corrected chi connectivity index (χ0v) is 15.5. The second kappa shape index (κ2) is 7.54. The molecule has 1 aliphatic heterocycles. The molecule has 3 heterocycles. The third-order valence-corrected chi connectivity index (χ3v) is 4.92. The van der Waals surface area contributed by atoms with Gasteiger partial charge in [-0.1, -0.05) is 0 Å². The maximum Gasteiger partial charge on any atom is 0.417 e. The molecule has 158 valence electrons. The molecule has 4 rings (SSSR count). The molecule has 0 unspecified atom stereocenters. The Morgan fingerprint density at radius 2 is 1.80 bits per heavy atom. The fraction of sp³-hybridized carbons (Fsp3) is 0.316. The SMILES string of the molecule is O=C(c1ccc2nc(C(F)F)[nH]c2c1)N1CCN(c2ccc(C(F)(F)F)cn2)CC1. The summed E-state index contributed by atoms with van der Waals surface area (Å²) in [5, 5.41) is 0. The topological polar surface area (TPSA) is 65.1 Å². The normalized spacial score (nSPS) is 15.3. The summed E-state index contributed by atoms with van der Waals surface area (Å²) in [7, 11) is 0. The van der Waals surface area contributed by atoms with Gasteiger partial charge in [-0.2, -0.15) is 13.2 Å². The molecule has 6 nitrogen and oxygen atoms in total. The Labute approximate surface area is 167 Å². The van der Waals surface area contributed by atoms with Crippen LogP contribution in [0.1, 0.15) is 28.2 Å². The van der Waals surface area contributed by atoms with Gasteiger partial charge in [0.15, 0.2) is 5.82 Å². The minimum atomic E-state index is -4.44. The Bertz CT molecular complexity index is 1060. The van der Waals surface area contributed by atoms with Crippen LogP contribution in [-0.4, -0.2) is 51.9 Å². The van der Waals surface area contributed by atoms with Crippen molar-refractivity contribution >= 4 is 22.8 Å². The zero-order chi connectivity index (χ0) is 21.5. The molecule has 1 N–H and O–H groups in total. The average molecular weight is 425 g/mol. The largest absolute Gasteiger partial charge is 0.417 e. The van der Waals surface area contributed by atoms with Crippen LogP contribution in [0, 0.1) is 0 Å². The second-order valence-corrected chi connectivity index (χ2v) is 6.84. The molecule has 0 atom stereocenters. The van der Waals surface area contributed by atoms with Crippen LogP contribution in [0.4, 0.5) is 27.8 Å². The molecule has 0 aliphatic carbocycles. The fourth-order valence-electron chi connectivity index (χ4n) is 3.33. The first-order valence-electron chi connectivity index (χ1n) is 9.07. The van der Waals surface area contributed by atoms with E-state index in [1.165, 1.54) is 24.3 Å². The number of anilines is 1. The Balaban J connectivity index is 1.42. The van der Waals surface area contributed by atoms with Crippen molar-refractivity contribution in [2.45, 2.75) is 12.6 Å². The van der Waals surface area contributed by atoms with Crippen LogP contribution >= 0.6 is 0 Å². The first kappa shape index (κ1) is 20.0. The average Bonchev–Trinajstić information content (AvgIpc) is 3.17. The van der Waals surface area contributed by atoms with Crippen LogP contribution in [0.5, 0.6) is 0 Å². The number of nitrogens with zero attached hydrogens (tertiary/aromatic N) is 4. The van der Waals surface area contributed by atoms with E-state index in [-0.39, 0.29) is 5.91 Å². The molecule has 0 bridgehead atoms. The number of halogens is 5. The van der Waals surface area contributed by atoms with Crippen molar-refractivity contribution < 1.29 is 26.7 Å². The highest BCUT2D eigenvalue weighted by atomic mass is 19.4. The number of pyridine rings is 1. The summed E-state index contributed by atoms with van der Waals surface area (Å²) in [6.07, 6.45) is -6.38. The van der Waals surface area contributed by atoms with E-state index in [2.05, 4.69) is 15.0 Å². The lowest BCUT2D eigenvalue weighted by molar-refractivity contribution is -0.137. The van der Waals surface area contributed by atoms with Gasteiger partial charge in [0.1, 0.15) is 5.82 Å². The van der Waals surface area contributed by atoms with Gasteiger partial charge in [0, 0.05) is 37.9 Å². The maximum absolute atomic E-state index is 12.8. The molecule has 1 aliphatic rings. The van der Waals surface area contributed by atoms with Gasteiger partial charge >= 0.3 is 6.18 Å². The number of H-pyrrole nitrogens is 1. The smallest absolute Gasteiger partial charge is 0.353 e. The summed E-state index contributed by atoms with van der Waals surface area (Å²) in [6.45, 7) is 1.52. The lowest BCUT2D eigenvalue weighted by atomic mass is 10.1. The van der Waals surface area contributed by atoms with Gasteiger partial charge in [0.05, 0.1) is 16.6 Å². The summed E-state index contributed by atoms with van der Waals surface area (Å²) in [6, 6.07) is 6.82. The highest BCUT2D eigenvalue weighted by Crippen LogP contribution is 2.29. The second-order valence-electron chi connectivity index (χ2n) is 6.84. The molecule has 1 amide bonds. The van der Waals surface area contributed by atoms with E-state index in [1.807, 2.05) is 0 Å². The van der Waals surface area contributed by atoms with Crippen LogP contribution in [-0.2, 0) is 6.18 Å². The summed E-state index contributed by atoms with van der Waals surface area (Å²) in [4.78, 5) is 26.3. The number of nitrogens with one attached hydrogen (secondary N) is 1. The van der Waals surface area contributed by atoms with E-state index in [0.29, 0.717) is 48.6 Å². The van der Waals surface area contributed by atoms with Crippen LogP contribution in [0.15, 0.2) is 36.5 Å². The number of hydrogen-bond donors (Lipinski definition) is 1. The highest BCUT2D eigenvalue weighted by molar-refractivity contribution is 5.97. The van der Waals surface area contributed by atoms with Gasteiger partial charge < -0.3 is 14.8 Å². The number of rotatable bonds is 3. The van der Waals surface area contributed by atoms with E-state index in [0.717, 1.165) is 12.3 Å². The highest BCUT2D eigenvalue weighted by Gasteiger charge is 2.31. The summed E-state index contributed by atoms with van der Waals surface area (Å²) >= 11 is 0. The number of fused-ring (bicyclic) bond motifs is 1. The Morgan fingerprint density at radius 1 is 1.07 bits per heavy atom. The Morgan fingerprint density at radius 3 is 2.40 bits per heavy atom. The van der Waals surface area contributed by atoms with E-state index < -0.39 is 24.0 Å². The van der Waals surface area contributed by atoms with Crippen LogP contribution < -0.4 is 4.90 Å². The quantitative estimate of drug-likeness (QED) is 0.647. The van der Waals surface area contributed by atoms with Crippen molar-refractivity contribution in [3.63, 3.8) is 0 Å². The maximum atomic E-state index is 12.8. The number of benzene rings is 1. The molecule has 0 spiro atoms. The molecule has 30 heavy (non-hydrogen) atoms. The van der Waals surface area contributed by atoms with E-state index in [4.69, 9.17) is 0 Å². The molecule has 0 saturated carbocycles. The zero-order valence-electron chi connectivity index (χ0n) is 15.5. The van der Waals surface area contributed by atoms with Crippen molar-refractivity contribution in [1.29, 1.82) is 0 Å². The van der Waals surface area contributed by atoms with Gasteiger partial charge in [-0.25, -0.2) is 18.7 Å². The first-order valence-corrected chi connectivity index (χ1v) is 9.07. The van der Waals surface area contributed by atoms with Crippen LogP contribution in [0.3, 0.4) is 0 Å². The van der Waals surface area contributed by atoms with Crippen LogP contribution in [0.25, 0.3) is 11.0 Å². The van der Waals surface area contributed by atoms with Gasteiger partial charge in [-0.3, -0.25) is 4.79 Å². The van der Waals surface area contributed by atoms with Crippen molar-refractivity contribution in [1.82, 2.24) is 19.9 Å². The van der Waals surface area contributed by atoms with Crippen molar-refractivity contribution in [3.05, 3.63) is 53.5 Å². The molecule has 0 radical (unpaired) electrons. The predicted octanol–water partition coefficient (Wildman–Crippen LogP) is 3.88. The molecule has 1 aromatic carbocycles. The Hall–Kier alpha value is -3.24. The van der Waals surface area contributed by atoms with Gasteiger partial charge in [-0.15, -0.1) is 0 Å². The first-order chi connectivity index (χ1) is 14.2. The number of carbonyl (C=O) groups excluding carboxylic acids is 1. The number of imidazole rings is 1. The molecule has 1 saturated heterocycles. The monoisotopic (exact) mass is 425 g/mol. The third-order valence-electron chi connectivity index (χ3n) is 4.92. The number of carbonyl (C=O) groups is 1. The van der Waals surface area contributed by atoms with Gasteiger partial charge in [-0.05, 0) is 30.3 Å². The molecular weight excluding hydrogens is 409 g/mol. The lowest BCUT2D eigenvalue weighted by Crippen LogP contribution is -2.49. The number of aromatic nitrogens is 3. The number of piperazine rings is 1. The van der Waals surface area contributed by atoms with Crippen LogP contribution in [0.2, 0.25) is 0 Å². The molecule has 1 fully saturated rings. The molecule has 3 aromatic rings. The minimum absolute atomic E-state index is 0.259. The molecule has 2 aromatic heterocycles.